The molecule has 1 aliphatic rings. The molecule has 1 amide bonds. The summed E-state index contributed by atoms with van der Waals surface area (Å²) in [5.74, 6) is -0.00568. The predicted molar refractivity (Wildman–Crippen MR) is 83.7 cm³/mol. The molecular weight excluding hydrogens is 276 g/mol. The van der Waals surface area contributed by atoms with Crippen molar-refractivity contribution in [3.63, 3.8) is 0 Å². The van der Waals surface area contributed by atoms with E-state index < -0.39 is 0 Å². The largest absolute Gasteiger partial charge is 0.359 e. The molecule has 2 rings (SSSR count). The van der Waals surface area contributed by atoms with Crippen LogP contribution in [0, 0.1) is 22.7 Å². The first kappa shape index (κ1) is 15.6. The van der Waals surface area contributed by atoms with Crippen LogP contribution in [0.5, 0.6) is 0 Å². The Hall–Kier alpha value is -2.79. The number of allylic oxidation sites excluding steroid dienone is 1. The number of likely N-dealkylation sites (tertiary alicyclic amines) is 1. The van der Waals surface area contributed by atoms with Crippen LogP contribution in [0.2, 0.25) is 0 Å². The van der Waals surface area contributed by atoms with E-state index in [9.17, 15) is 4.79 Å². The second-order valence-electron chi connectivity index (χ2n) is 5.18. The van der Waals surface area contributed by atoms with E-state index in [2.05, 4.69) is 5.32 Å². The maximum atomic E-state index is 12.7. The Morgan fingerprint density at radius 2 is 1.73 bits per heavy atom. The van der Waals surface area contributed by atoms with Crippen LogP contribution in [0.1, 0.15) is 36.0 Å². The zero-order valence-corrected chi connectivity index (χ0v) is 12.4. The molecule has 0 aliphatic carbocycles. The summed E-state index contributed by atoms with van der Waals surface area (Å²) in [7, 11) is 0. The average molecular weight is 294 g/mol. The molecule has 1 aliphatic heterocycles. The van der Waals surface area contributed by atoms with E-state index in [0.717, 1.165) is 25.9 Å². The van der Waals surface area contributed by atoms with Gasteiger partial charge in [0.15, 0.2) is 0 Å². The zero-order valence-electron chi connectivity index (χ0n) is 12.4. The van der Waals surface area contributed by atoms with E-state index in [0.29, 0.717) is 11.3 Å². The quantitative estimate of drug-likeness (QED) is 0.869. The minimum absolute atomic E-state index is 0.00568. The lowest BCUT2D eigenvalue weighted by Gasteiger charge is -2.21. The summed E-state index contributed by atoms with van der Waals surface area (Å²) in [5, 5.41) is 20.4. The minimum Gasteiger partial charge on any atom is -0.359 e. The molecule has 112 valence electrons. The molecule has 0 bridgehead atoms. The normalized spacial score (nSPS) is 14.2. The zero-order chi connectivity index (χ0) is 15.8. The Morgan fingerprint density at radius 3 is 2.36 bits per heavy atom. The number of nitrogens with one attached hydrogen (secondary N) is 1. The van der Waals surface area contributed by atoms with Crippen LogP contribution in [-0.4, -0.2) is 23.9 Å². The summed E-state index contributed by atoms with van der Waals surface area (Å²) < 4.78 is 0. The van der Waals surface area contributed by atoms with Crippen LogP contribution in [0.25, 0.3) is 0 Å². The van der Waals surface area contributed by atoms with Gasteiger partial charge in [0.1, 0.15) is 17.7 Å². The Bertz CT molecular complexity index is 627. The number of carbonyl (C=O) groups is 1. The Morgan fingerprint density at radius 1 is 1.09 bits per heavy atom. The van der Waals surface area contributed by atoms with Crippen LogP contribution in [0.4, 0.5) is 5.69 Å². The summed E-state index contributed by atoms with van der Waals surface area (Å²) >= 11 is 0. The van der Waals surface area contributed by atoms with Crippen molar-refractivity contribution in [2.24, 2.45) is 0 Å². The van der Waals surface area contributed by atoms with Gasteiger partial charge in [-0.25, -0.2) is 0 Å². The Balaban J connectivity index is 2.20. The Kier molecular flexibility index (Phi) is 5.57. The first-order valence-corrected chi connectivity index (χ1v) is 7.41. The lowest BCUT2D eigenvalue weighted by atomic mass is 10.1. The van der Waals surface area contributed by atoms with Crippen LogP contribution in [0.3, 0.4) is 0 Å². The van der Waals surface area contributed by atoms with E-state index in [1.807, 2.05) is 17.0 Å². The SMILES string of the molecule is N#CC(C#N)=CNc1ccccc1C(=O)N1CCCCCC1. The van der Waals surface area contributed by atoms with Crippen molar-refractivity contribution in [2.45, 2.75) is 25.7 Å². The van der Waals surface area contributed by atoms with E-state index in [-0.39, 0.29) is 11.5 Å². The second kappa shape index (κ2) is 7.85. The summed E-state index contributed by atoms with van der Waals surface area (Å²) in [5.41, 5.74) is 1.15. The molecule has 0 radical (unpaired) electrons. The molecule has 0 unspecified atom stereocenters. The molecule has 1 heterocycles. The predicted octanol–water partition coefficient (Wildman–Crippen LogP) is 3.05. The van der Waals surface area contributed by atoms with Gasteiger partial charge in [-0.1, -0.05) is 25.0 Å². The third-order valence-corrected chi connectivity index (χ3v) is 3.66. The van der Waals surface area contributed by atoms with E-state index in [1.165, 1.54) is 19.0 Å². The van der Waals surface area contributed by atoms with Gasteiger partial charge in [-0.2, -0.15) is 10.5 Å². The van der Waals surface area contributed by atoms with Crippen molar-refractivity contribution in [3.8, 4) is 12.1 Å². The van der Waals surface area contributed by atoms with Crippen LogP contribution in [0.15, 0.2) is 36.0 Å². The highest BCUT2D eigenvalue weighted by Gasteiger charge is 2.19. The molecule has 1 saturated heterocycles. The minimum atomic E-state index is -0.0305. The van der Waals surface area contributed by atoms with Crippen molar-refractivity contribution in [1.82, 2.24) is 4.90 Å². The molecule has 1 N–H and O–H groups in total. The molecule has 1 fully saturated rings. The molecule has 0 aromatic heterocycles. The number of nitrogens with zero attached hydrogens (tertiary/aromatic N) is 3. The number of para-hydroxylation sites is 1. The van der Waals surface area contributed by atoms with Crippen LogP contribution in [-0.2, 0) is 0 Å². The van der Waals surface area contributed by atoms with Crippen LogP contribution < -0.4 is 5.32 Å². The highest BCUT2D eigenvalue weighted by atomic mass is 16.2. The number of amides is 1. The van der Waals surface area contributed by atoms with Gasteiger partial charge in [0.05, 0.1) is 11.3 Å². The number of benzene rings is 1. The molecule has 5 heteroatoms. The van der Waals surface area contributed by atoms with E-state index in [4.69, 9.17) is 10.5 Å². The second-order valence-corrected chi connectivity index (χ2v) is 5.18. The first-order valence-electron chi connectivity index (χ1n) is 7.41. The fourth-order valence-corrected chi connectivity index (χ4v) is 2.48. The summed E-state index contributed by atoms with van der Waals surface area (Å²) in [6.45, 7) is 1.56. The van der Waals surface area contributed by atoms with E-state index >= 15 is 0 Å². The van der Waals surface area contributed by atoms with Crippen LogP contribution >= 0.6 is 0 Å². The number of anilines is 1. The monoisotopic (exact) mass is 294 g/mol. The molecule has 1 aromatic carbocycles. The fraction of sp³-hybridized carbons (Fsp3) is 0.353. The molecule has 5 nitrogen and oxygen atoms in total. The molecule has 0 saturated carbocycles. The van der Waals surface area contributed by atoms with Gasteiger partial charge in [0, 0.05) is 19.3 Å². The third kappa shape index (κ3) is 3.86. The van der Waals surface area contributed by atoms with Crippen molar-refractivity contribution in [3.05, 3.63) is 41.6 Å². The maximum absolute atomic E-state index is 12.7. The summed E-state index contributed by atoms with van der Waals surface area (Å²) in [6.07, 6.45) is 5.73. The molecule has 0 spiro atoms. The number of hydrogen-bond acceptors (Lipinski definition) is 4. The molecular formula is C17H18N4O. The maximum Gasteiger partial charge on any atom is 0.255 e. The van der Waals surface area contributed by atoms with Crippen molar-refractivity contribution in [1.29, 1.82) is 10.5 Å². The first-order chi connectivity index (χ1) is 10.8. The molecule has 22 heavy (non-hydrogen) atoms. The van der Waals surface area contributed by atoms with Crippen molar-refractivity contribution >= 4 is 11.6 Å². The third-order valence-electron chi connectivity index (χ3n) is 3.66. The highest BCUT2D eigenvalue weighted by molar-refractivity contribution is 5.99. The lowest BCUT2D eigenvalue weighted by Crippen LogP contribution is -2.32. The summed E-state index contributed by atoms with van der Waals surface area (Å²) in [6, 6.07) is 10.7. The number of nitriles is 2. The van der Waals surface area contributed by atoms with Gasteiger partial charge in [0.25, 0.3) is 5.91 Å². The number of rotatable bonds is 3. The fourth-order valence-electron chi connectivity index (χ4n) is 2.48. The van der Waals surface area contributed by atoms with Gasteiger partial charge < -0.3 is 10.2 Å². The average Bonchev–Trinajstić information content (AvgIpc) is 2.85. The topological polar surface area (TPSA) is 79.9 Å². The molecule has 0 atom stereocenters. The highest BCUT2D eigenvalue weighted by Crippen LogP contribution is 2.20. The smallest absolute Gasteiger partial charge is 0.255 e. The Labute approximate surface area is 130 Å². The van der Waals surface area contributed by atoms with Gasteiger partial charge >= 0.3 is 0 Å². The van der Waals surface area contributed by atoms with Crippen molar-refractivity contribution < 1.29 is 4.79 Å². The number of hydrogen-bond donors (Lipinski definition) is 1. The van der Waals surface area contributed by atoms with Gasteiger partial charge in [-0.05, 0) is 25.0 Å². The summed E-state index contributed by atoms with van der Waals surface area (Å²) in [4.78, 5) is 14.6. The van der Waals surface area contributed by atoms with Gasteiger partial charge in [-0.15, -0.1) is 0 Å². The van der Waals surface area contributed by atoms with Gasteiger partial charge in [0.2, 0.25) is 0 Å². The lowest BCUT2D eigenvalue weighted by molar-refractivity contribution is 0.0762. The van der Waals surface area contributed by atoms with Gasteiger partial charge in [-0.3, -0.25) is 4.79 Å². The standard InChI is InChI=1S/C17H18N4O/c18-11-14(12-19)13-20-16-8-4-3-7-15(16)17(22)21-9-5-1-2-6-10-21/h3-4,7-8,13,20H,1-2,5-6,9-10H2. The molecule has 1 aromatic rings. The van der Waals surface area contributed by atoms with Crippen molar-refractivity contribution in [2.75, 3.05) is 18.4 Å². The van der Waals surface area contributed by atoms with E-state index in [1.54, 1.807) is 24.3 Å². The number of carbonyl (C=O) groups excluding carboxylic acids is 1.